The molecule has 158 valence electrons. The average molecular weight is 409 g/mol. The van der Waals surface area contributed by atoms with Crippen LogP contribution >= 0.6 is 0 Å². The van der Waals surface area contributed by atoms with E-state index in [1.165, 1.54) is 12.0 Å². The van der Waals surface area contributed by atoms with E-state index in [0.717, 1.165) is 17.5 Å². The minimum absolute atomic E-state index is 0.0752. The van der Waals surface area contributed by atoms with E-state index in [2.05, 4.69) is 6.92 Å². The number of rotatable bonds is 8. The SMILES string of the molecule is CCc1ccc(C2/C(=C(/O)c3ccccc3OC)C(=O)C(=O)N2CCCOC)cc1. The standard InChI is InChI=1S/C24H27NO5/c1-4-16-10-12-17(13-11-16)21-20(22(26)18-8-5-6-9-19(18)30-3)23(27)24(28)25(21)14-7-15-29-2/h5-6,8-13,21,26H,4,7,14-15H2,1-3H3/b22-20-. The number of hydrogen-bond acceptors (Lipinski definition) is 5. The lowest BCUT2D eigenvalue weighted by molar-refractivity contribution is -0.140. The number of benzene rings is 2. The number of likely N-dealkylation sites (tertiary alicyclic amines) is 1. The summed E-state index contributed by atoms with van der Waals surface area (Å²) in [4.78, 5) is 27.4. The van der Waals surface area contributed by atoms with Crippen LogP contribution in [0.1, 0.15) is 36.1 Å². The van der Waals surface area contributed by atoms with E-state index in [-0.39, 0.29) is 11.3 Å². The molecule has 2 aromatic rings. The Balaban J connectivity index is 2.14. The maximum Gasteiger partial charge on any atom is 0.295 e. The fourth-order valence-electron chi connectivity index (χ4n) is 3.76. The van der Waals surface area contributed by atoms with Crippen LogP contribution in [0.4, 0.5) is 0 Å². The molecule has 1 N–H and O–H groups in total. The molecule has 30 heavy (non-hydrogen) atoms. The number of amides is 1. The number of carbonyl (C=O) groups is 2. The Morgan fingerprint density at radius 2 is 1.77 bits per heavy atom. The van der Waals surface area contributed by atoms with Crippen molar-refractivity contribution >= 4 is 17.4 Å². The van der Waals surface area contributed by atoms with Gasteiger partial charge in [0.05, 0.1) is 24.3 Å². The molecule has 1 aliphatic heterocycles. The summed E-state index contributed by atoms with van der Waals surface area (Å²) >= 11 is 0. The van der Waals surface area contributed by atoms with Crippen molar-refractivity contribution in [3.8, 4) is 5.75 Å². The van der Waals surface area contributed by atoms with Crippen molar-refractivity contribution in [2.45, 2.75) is 25.8 Å². The van der Waals surface area contributed by atoms with E-state index in [0.29, 0.717) is 30.9 Å². The minimum atomic E-state index is -0.694. The van der Waals surface area contributed by atoms with Gasteiger partial charge in [0.25, 0.3) is 11.7 Å². The van der Waals surface area contributed by atoms with Crippen LogP contribution in [0.2, 0.25) is 0 Å². The van der Waals surface area contributed by atoms with Gasteiger partial charge in [-0.3, -0.25) is 9.59 Å². The summed E-state index contributed by atoms with van der Waals surface area (Å²) in [7, 11) is 3.09. The predicted molar refractivity (Wildman–Crippen MR) is 114 cm³/mol. The van der Waals surface area contributed by atoms with Gasteiger partial charge in [-0.25, -0.2) is 0 Å². The van der Waals surface area contributed by atoms with Crippen LogP contribution in [0.15, 0.2) is 54.1 Å². The van der Waals surface area contributed by atoms with E-state index in [9.17, 15) is 14.7 Å². The number of aliphatic hydroxyl groups is 1. The van der Waals surface area contributed by atoms with Crippen LogP contribution < -0.4 is 4.74 Å². The van der Waals surface area contributed by atoms with E-state index in [1.807, 2.05) is 24.3 Å². The summed E-state index contributed by atoms with van der Waals surface area (Å²) in [5.41, 5.74) is 2.39. The largest absolute Gasteiger partial charge is 0.507 e. The summed E-state index contributed by atoms with van der Waals surface area (Å²) in [6, 6.07) is 14.0. The van der Waals surface area contributed by atoms with Crippen molar-refractivity contribution in [1.82, 2.24) is 4.90 Å². The number of carbonyl (C=O) groups excluding carboxylic acids is 2. The lowest BCUT2D eigenvalue weighted by Gasteiger charge is -2.25. The Morgan fingerprint density at radius 1 is 1.07 bits per heavy atom. The molecule has 2 aromatic carbocycles. The number of aliphatic hydroxyl groups excluding tert-OH is 1. The molecule has 0 aromatic heterocycles. The van der Waals surface area contributed by atoms with Crippen LogP contribution in [-0.4, -0.2) is 49.1 Å². The van der Waals surface area contributed by atoms with Gasteiger partial charge in [-0.2, -0.15) is 0 Å². The van der Waals surface area contributed by atoms with Gasteiger partial charge in [-0.15, -0.1) is 0 Å². The number of Topliss-reactive ketones (excluding diaryl/α,β-unsaturated/α-hetero) is 1. The van der Waals surface area contributed by atoms with Gasteiger partial charge in [0, 0.05) is 20.3 Å². The Kier molecular flexibility index (Phi) is 6.90. The molecule has 1 heterocycles. The number of ketones is 1. The van der Waals surface area contributed by atoms with E-state index >= 15 is 0 Å². The summed E-state index contributed by atoms with van der Waals surface area (Å²) < 4.78 is 10.5. The molecule has 6 heteroatoms. The molecule has 6 nitrogen and oxygen atoms in total. The monoisotopic (exact) mass is 409 g/mol. The number of aryl methyl sites for hydroxylation is 1. The highest BCUT2D eigenvalue weighted by molar-refractivity contribution is 6.46. The van der Waals surface area contributed by atoms with Crippen LogP contribution in [0.25, 0.3) is 5.76 Å². The average Bonchev–Trinajstić information content (AvgIpc) is 3.03. The van der Waals surface area contributed by atoms with Crippen molar-refractivity contribution in [3.63, 3.8) is 0 Å². The lowest BCUT2D eigenvalue weighted by Crippen LogP contribution is -2.31. The van der Waals surface area contributed by atoms with Gasteiger partial charge in [-0.05, 0) is 36.1 Å². The maximum atomic E-state index is 13.0. The van der Waals surface area contributed by atoms with E-state index in [4.69, 9.17) is 9.47 Å². The molecular weight excluding hydrogens is 382 g/mol. The first kappa shape index (κ1) is 21.6. The summed E-state index contributed by atoms with van der Waals surface area (Å²) in [6.45, 7) is 2.88. The summed E-state index contributed by atoms with van der Waals surface area (Å²) in [5, 5.41) is 11.1. The molecule has 1 atom stereocenters. The lowest BCUT2D eigenvalue weighted by atomic mass is 9.94. The number of nitrogens with zero attached hydrogens (tertiary/aromatic N) is 1. The van der Waals surface area contributed by atoms with Gasteiger partial charge in [-0.1, -0.05) is 43.3 Å². The second-order valence-electron chi connectivity index (χ2n) is 7.13. The summed E-state index contributed by atoms with van der Waals surface area (Å²) in [6.07, 6.45) is 1.47. The molecule has 1 unspecified atom stereocenters. The smallest absolute Gasteiger partial charge is 0.295 e. The Bertz CT molecular complexity index is 948. The number of para-hydroxylation sites is 1. The minimum Gasteiger partial charge on any atom is -0.507 e. The van der Waals surface area contributed by atoms with Crippen molar-refractivity contribution in [2.75, 3.05) is 27.4 Å². The second-order valence-corrected chi connectivity index (χ2v) is 7.13. The third kappa shape index (κ3) is 4.09. The Morgan fingerprint density at radius 3 is 2.40 bits per heavy atom. The van der Waals surface area contributed by atoms with Gasteiger partial charge < -0.3 is 19.5 Å². The highest BCUT2D eigenvalue weighted by Crippen LogP contribution is 2.40. The molecule has 1 fully saturated rings. The first-order valence-corrected chi connectivity index (χ1v) is 10.0. The van der Waals surface area contributed by atoms with Crippen LogP contribution in [-0.2, 0) is 20.7 Å². The Labute approximate surface area is 176 Å². The van der Waals surface area contributed by atoms with Gasteiger partial charge in [0.2, 0.25) is 0 Å². The molecule has 0 radical (unpaired) electrons. The highest BCUT2D eigenvalue weighted by Gasteiger charge is 2.46. The van der Waals surface area contributed by atoms with Gasteiger partial charge >= 0.3 is 0 Å². The number of ether oxygens (including phenoxy) is 2. The van der Waals surface area contributed by atoms with Gasteiger partial charge in [0.15, 0.2) is 0 Å². The number of hydrogen-bond donors (Lipinski definition) is 1. The van der Waals surface area contributed by atoms with Crippen molar-refractivity contribution in [3.05, 3.63) is 70.8 Å². The number of methoxy groups -OCH3 is 2. The zero-order valence-electron chi connectivity index (χ0n) is 17.6. The van der Waals surface area contributed by atoms with Crippen LogP contribution in [0.3, 0.4) is 0 Å². The van der Waals surface area contributed by atoms with E-state index in [1.54, 1.807) is 31.4 Å². The summed E-state index contributed by atoms with van der Waals surface area (Å²) in [5.74, 6) is -1.11. The normalized spacial score (nSPS) is 18.1. The molecule has 3 rings (SSSR count). The molecule has 0 aliphatic carbocycles. The zero-order valence-corrected chi connectivity index (χ0v) is 17.6. The van der Waals surface area contributed by atoms with E-state index < -0.39 is 17.7 Å². The Hall–Kier alpha value is -3.12. The van der Waals surface area contributed by atoms with Crippen molar-refractivity contribution < 1.29 is 24.2 Å². The van der Waals surface area contributed by atoms with Crippen molar-refractivity contribution in [1.29, 1.82) is 0 Å². The predicted octanol–water partition coefficient (Wildman–Crippen LogP) is 3.72. The van der Waals surface area contributed by atoms with Crippen LogP contribution in [0, 0.1) is 0 Å². The fourth-order valence-corrected chi connectivity index (χ4v) is 3.76. The molecule has 0 bridgehead atoms. The molecular formula is C24H27NO5. The molecule has 1 saturated heterocycles. The van der Waals surface area contributed by atoms with Crippen molar-refractivity contribution in [2.24, 2.45) is 0 Å². The quantitative estimate of drug-likeness (QED) is 0.311. The second kappa shape index (κ2) is 9.59. The maximum absolute atomic E-state index is 13.0. The highest BCUT2D eigenvalue weighted by atomic mass is 16.5. The first-order chi connectivity index (χ1) is 14.5. The molecule has 1 amide bonds. The molecule has 1 aliphatic rings. The topological polar surface area (TPSA) is 76.1 Å². The fraction of sp³-hybridized carbons (Fsp3) is 0.333. The van der Waals surface area contributed by atoms with Crippen LogP contribution in [0.5, 0.6) is 5.75 Å². The molecule has 0 spiro atoms. The third-order valence-electron chi connectivity index (χ3n) is 5.35. The third-order valence-corrected chi connectivity index (χ3v) is 5.35. The molecule has 0 saturated carbocycles. The zero-order chi connectivity index (χ0) is 21.7. The van der Waals surface area contributed by atoms with Gasteiger partial charge in [0.1, 0.15) is 11.5 Å². The first-order valence-electron chi connectivity index (χ1n) is 10.0.